The van der Waals surface area contributed by atoms with Crippen molar-refractivity contribution in [3.05, 3.63) is 30.1 Å². The second-order valence-corrected chi connectivity index (χ2v) is 6.63. The zero-order valence-electron chi connectivity index (χ0n) is 14.7. The van der Waals surface area contributed by atoms with Crippen LogP contribution in [-0.2, 0) is 4.79 Å². The number of imidazole rings is 1. The third kappa shape index (κ3) is 3.57. The molecule has 6 heteroatoms. The van der Waals surface area contributed by atoms with E-state index in [1.807, 2.05) is 18.0 Å². The van der Waals surface area contributed by atoms with Gasteiger partial charge in [-0.2, -0.15) is 0 Å². The van der Waals surface area contributed by atoms with E-state index in [2.05, 4.69) is 41.9 Å². The van der Waals surface area contributed by atoms with Crippen molar-refractivity contribution in [3.8, 4) is 0 Å². The molecule has 1 aliphatic heterocycles. The number of fused-ring (bicyclic) bond motifs is 1. The van der Waals surface area contributed by atoms with Crippen molar-refractivity contribution in [1.82, 2.24) is 19.8 Å². The Morgan fingerprint density at radius 1 is 1.38 bits per heavy atom. The van der Waals surface area contributed by atoms with Crippen LogP contribution in [0.3, 0.4) is 0 Å². The fourth-order valence-electron chi connectivity index (χ4n) is 3.57. The number of rotatable bonds is 4. The molecule has 0 spiro atoms. The Hall–Kier alpha value is -1.59. The minimum absolute atomic E-state index is 0. The monoisotopic (exact) mass is 350 g/mol. The second-order valence-electron chi connectivity index (χ2n) is 6.63. The van der Waals surface area contributed by atoms with Crippen LogP contribution in [0, 0.1) is 0 Å². The number of hydrogen-bond acceptors (Lipinski definition) is 3. The molecule has 3 rings (SSSR count). The number of benzene rings is 1. The van der Waals surface area contributed by atoms with Crippen molar-refractivity contribution in [3.63, 3.8) is 0 Å². The summed E-state index contributed by atoms with van der Waals surface area (Å²) in [7, 11) is 1.82. The Balaban J connectivity index is 0.00000208. The van der Waals surface area contributed by atoms with E-state index in [0.717, 1.165) is 37.3 Å². The number of hydrogen-bond donors (Lipinski definition) is 1. The Labute approximate surface area is 149 Å². The van der Waals surface area contributed by atoms with Crippen molar-refractivity contribution in [2.45, 2.75) is 38.6 Å². The number of aromatic nitrogens is 2. The summed E-state index contributed by atoms with van der Waals surface area (Å²) >= 11 is 0. The standard InChI is InChI=1S/C18H26N4O.ClH/c1-13(2)22-16-9-5-4-8-15(16)20-18(22)14-7-6-10-21(12-14)17(23)11-19-3;/h4-5,8-9,13-14,19H,6-7,10-12H2,1-3H3;1H. The maximum Gasteiger partial charge on any atom is 0.236 e. The van der Waals surface area contributed by atoms with Gasteiger partial charge >= 0.3 is 0 Å². The highest BCUT2D eigenvalue weighted by atomic mass is 35.5. The lowest BCUT2D eigenvalue weighted by Crippen LogP contribution is -2.43. The average Bonchev–Trinajstić information content (AvgIpc) is 2.95. The number of piperidine rings is 1. The van der Waals surface area contributed by atoms with Gasteiger partial charge in [0.25, 0.3) is 0 Å². The highest BCUT2D eigenvalue weighted by molar-refractivity contribution is 5.85. The number of halogens is 1. The number of carbonyl (C=O) groups excluding carboxylic acids is 1. The summed E-state index contributed by atoms with van der Waals surface area (Å²) in [5.74, 6) is 1.63. The predicted octanol–water partition coefficient (Wildman–Crippen LogP) is 2.96. The Kier molecular flexibility index (Phi) is 6.24. The number of likely N-dealkylation sites (tertiary alicyclic amines) is 1. The van der Waals surface area contributed by atoms with Crippen LogP contribution in [0.1, 0.15) is 44.5 Å². The maximum atomic E-state index is 12.2. The topological polar surface area (TPSA) is 50.2 Å². The van der Waals surface area contributed by atoms with Gasteiger partial charge in [0.15, 0.2) is 0 Å². The summed E-state index contributed by atoms with van der Waals surface area (Å²) < 4.78 is 2.34. The van der Waals surface area contributed by atoms with Crippen molar-refractivity contribution in [1.29, 1.82) is 0 Å². The molecule has 132 valence electrons. The second kappa shape index (κ2) is 7.99. The minimum Gasteiger partial charge on any atom is -0.341 e. The van der Waals surface area contributed by atoms with E-state index < -0.39 is 0 Å². The summed E-state index contributed by atoms with van der Waals surface area (Å²) in [6.07, 6.45) is 2.14. The molecule has 0 bridgehead atoms. The first-order chi connectivity index (χ1) is 11.1. The lowest BCUT2D eigenvalue weighted by Gasteiger charge is -2.33. The minimum atomic E-state index is 0. The Morgan fingerprint density at radius 3 is 2.83 bits per heavy atom. The van der Waals surface area contributed by atoms with E-state index in [9.17, 15) is 4.79 Å². The van der Waals surface area contributed by atoms with Gasteiger partial charge in [-0.3, -0.25) is 4.79 Å². The first kappa shape index (κ1) is 18.7. The molecule has 1 amide bonds. The van der Waals surface area contributed by atoms with Crippen molar-refractivity contribution < 1.29 is 4.79 Å². The molecule has 1 N–H and O–H groups in total. The van der Waals surface area contributed by atoms with Gasteiger partial charge in [-0.15, -0.1) is 12.4 Å². The molecule has 1 saturated heterocycles. The zero-order chi connectivity index (χ0) is 16.4. The fourth-order valence-corrected chi connectivity index (χ4v) is 3.57. The average molecular weight is 351 g/mol. The van der Waals surface area contributed by atoms with Crippen LogP contribution < -0.4 is 5.32 Å². The molecule has 0 saturated carbocycles. The number of likely N-dealkylation sites (N-methyl/N-ethyl adjacent to an activating group) is 1. The summed E-state index contributed by atoms with van der Waals surface area (Å²) in [4.78, 5) is 19.1. The molecule has 5 nitrogen and oxygen atoms in total. The molecular formula is C18H27ClN4O. The van der Waals surface area contributed by atoms with Gasteiger partial charge in [0.2, 0.25) is 5.91 Å². The molecule has 0 aliphatic carbocycles. The lowest BCUT2D eigenvalue weighted by atomic mass is 9.96. The fraction of sp³-hybridized carbons (Fsp3) is 0.556. The van der Waals surface area contributed by atoms with E-state index in [0.29, 0.717) is 18.5 Å². The molecule has 1 aliphatic rings. The van der Waals surface area contributed by atoms with Gasteiger partial charge in [0, 0.05) is 25.0 Å². The van der Waals surface area contributed by atoms with Crippen LogP contribution in [-0.4, -0.2) is 47.0 Å². The molecule has 1 aromatic heterocycles. The number of carbonyl (C=O) groups is 1. The highest BCUT2D eigenvalue weighted by Crippen LogP contribution is 2.31. The van der Waals surface area contributed by atoms with E-state index >= 15 is 0 Å². The van der Waals surface area contributed by atoms with Gasteiger partial charge in [-0.25, -0.2) is 4.98 Å². The van der Waals surface area contributed by atoms with Gasteiger partial charge in [-0.1, -0.05) is 12.1 Å². The van der Waals surface area contributed by atoms with E-state index in [-0.39, 0.29) is 18.3 Å². The Morgan fingerprint density at radius 2 is 2.12 bits per heavy atom. The largest absolute Gasteiger partial charge is 0.341 e. The summed E-state index contributed by atoms with van der Waals surface area (Å²) in [5.41, 5.74) is 2.24. The predicted molar refractivity (Wildman–Crippen MR) is 99.8 cm³/mol. The molecule has 1 unspecified atom stereocenters. The number of amides is 1. The third-order valence-corrected chi connectivity index (χ3v) is 4.61. The quantitative estimate of drug-likeness (QED) is 0.922. The molecule has 1 atom stereocenters. The normalized spacial score (nSPS) is 18.0. The van der Waals surface area contributed by atoms with Crippen molar-refractivity contribution in [2.75, 3.05) is 26.7 Å². The molecule has 0 radical (unpaired) electrons. The van der Waals surface area contributed by atoms with Crippen LogP contribution in [0.5, 0.6) is 0 Å². The maximum absolute atomic E-state index is 12.2. The SMILES string of the molecule is CNCC(=O)N1CCCC(c2nc3ccccc3n2C(C)C)C1.Cl. The molecule has 2 aromatic rings. The lowest BCUT2D eigenvalue weighted by molar-refractivity contribution is -0.131. The van der Waals surface area contributed by atoms with Crippen molar-refractivity contribution in [2.24, 2.45) is 0 Å². The van der Waals surface area contributed by atoms with Crippen LogP contribution in [0.25, 0.3) is 11.0 Å². The highest BCUT2D eigenvalue weighted by Gasteiger charge is 2.28. The Bertz CT molecular complexity index is 697. The van der Waals surface area contributed by atoms with E-state index in [1.165, 1.54) is 5.52 Å². The van der Waals surface area contributed by atoms with Gasteiger partial charge in [0.05, 0.1) is 17.6 Å². The first-order valence-electron chi connectivity index (χ1n) is 8.51. The zero-order valence-corrected chi connectivity index (χ0v) is 15.5. The van der Waals surface area contributed by atoms with Gasteiger partial charge in [-0.05, 0) is 45.9 Å². The molecule has 2 heterocycles. The number of para-hydroxylation sites is 2. The number of nitrogens with one attached hydrogen (secondary N) is 1. The van der Waals surface area contributed by atoms with Crippen LogP contribution in [0.4, 0.5) is 0 Å². The summed E-state index contributed by atoms with van der Waals surface area (Å²) in [5, 5.41) is 2.96. The van der Waals surface area contributed by atoms with Crippen LogP contribution in [0.2, 0.25) is 0 Å². The molecule has 1 aromatic carbocycles. The smallest absolute Gasteiger partial charge is 0.236 e. The molecular weight excluding hydrogens is 324 g/mol. The van der Waals surface area contributed by atoms with Gasteiger partial charge in [0.1, 0.15) is 5.82 Å². The van der Waals surface area contributed by atoms with Crippen molar-refractivity contribution >= 4 is 29.3 Å². The summed E-state index contributed by atoms with van der Waals surface area (Å²) in [6, 6.07) is 8.67. The van der Waals surface area contributed by atoms with E-state index in [4.69, 9.17) is 4.98 Å². The third-order valence-electron chi connectivity index (χ3n) is 4.61. The van der Waals surface area contributed by atoms with Crippen LogP contribution >= 0.6 is 12.4 Å². The van der Waals surface area contributed by atoms with E-state index in [1.54, 1.807) is 0 Å². The first-order valence-corrected chi connectivity index (χ1v) is 8.51. The molecule has 24 heavy (non-hydrogen) atoms. The number of nitrogens with zero attached hydrogens (tertiary/aromatic N) is 3. The molecule has 1 fully saturated rings. The van der Waals surface area contributed by atoms with Gasteiger partial charge < -0.3 is 14.8 Å². The summed E-state index contributed by atoms with van der Waals surface area (Å²) in [6.45, 7) is 6.44. The van der Waals surface area contributed by atoms with Crippen LogP contribution in [0.15, 0.2) is 24.3 Å².